The van der Waals surface area contributed by atoms with E-state index in [4.69, 9.17) is 4.74 Å². The van der Waals surface area contributed by atoms with Gasteiger partial charge >= 0.3 is 0 Å². The van der Waals surface area contributed by atoms with Gasteiger partial charge in [-0.25, -0.2) is 0 Å². The van der Waals surface area contributed by atoms with E-state index in [9.17, 15) is 5.11 Å². The third-order valence-electron chi connectivity index (χ3n) is 2.29. The van der Waals surface area contributed by atoms with Crippen LogP contribution in [-0.2, 0) is 0 Å². The van der Waals surface area contributed by atoms with Gasteiger partial charge in [0.15, 0.2) is 0 Å². The minimum atomic E-state index is 0.346. The van der Waals surface area contributed by atoms with Gasteiger partial charge in [0.05, 0.1) is 6.61 Å². The monoisotopic (exact) mass is 180 g/mol. The molecule has 0 amide bonds. The first-order chi connectivity index (χ1) is 6.07. The number of aryl methyl sites for hydroxylation is 1. The molecular weight excluding hydrogens is 164 g/mol. The molecule has 0 radical (unpaired) electrons. The summed E-state index contributed by atoms with van der Waals surface area (Å²) in [5.74, 6) is 1.25. The van der Waals surface area contributed by atoms with Gasteiger partial charge in [-0.05, 0) is 50.5 Å². The number of phenols is 1. The first kappa shape index (κ1) is 9.90. The molecule has 1 N–H and O–H groups in total. The van der Waals surface area contributed by atoms with E-state index in [1.54, 1.807) is 6.07 Å². The van der Waals surface area contributed by atoms with Gasteiger partial charge in [-0.15, -0.1) is 0 Å². The van der Waals surface area contributed by atoms with Crippen LogP contribution in [-0.4, -0.2) is 11.7 Å². The average molecular weight is 180 g/mol. The summed E-state index contributed by atoms with van der Waals surface area (Å²) in [6.07, 6.45) is 0. The number of benzene rings is 1. The second-order valence-corrected chi connectivity index (χ2v) is 3.22. The highest BCUT2D eigenvalue weighted by Crippen LogP contribution is 2.31. The molecule has 0 aliphatic heterocycles. The lowest BCUT2D eigenvalue weighted by Crippen LogP contribution is -1.98. The molecule has 0 saturated carbocycles. The van der Waals surface area contributed by atoms with E-state index in [0.29, 0.717) is 12.4 Å². The molecule has 0 aliphatic carbocycles. The molecule has 0 aromatic heterocycles. The van der Waals surface area contributed by atoms with Gasteiger partial charge in [0.1, 0.15) is 11.5 Å². The van der Waals surface area contributed by atoms with Crippen molar-refractivity contribution in [1.29, 1.82) is 0 Å². The Morgan fingerprint density at radius 3 is 2.38 bits per heavy atom. The number of rotatable bonds is 2. The molecule has 0 bridgehead atoms. The van der Waals surface area contributed by atoms with Gasteiger partial charge in [0, 0.05) is 0 Å². The van der Waals surface area contributed by atoms with Crippen LogP contribution in [0.5, 0.6) is 11.5 Å². The van der Waals surface area contributed by atoms with Crippen LogP contribution in [0.2, 0.25) is 0 Å². The largest absolute Gasteiger partial charge is 0.508 e. The molecular formula is C11H16O2. The van der Waals surface area contributed by atoms with Gasteiger partial charge in [0.25, 0.3) is 0 Å². The summed E-state index contributed by atoms with van der Waals surface area (Å²) in [7, 11) is 0. The normalized spacial score (nSPS) is 10.2. The first-order valence-electron chi connectivity index (χ1n) is 4.50. The van der Waals surface area contributed by atoms with E-state index in [-0.39, 0.29) is 0 Å². The van der Waals surface area contributed by atoms with Crippen LogP contribution in [0, 0.1) is 20.8 Å². The minimum Gasteiger partial charge on any atom is -0.508 e. The number of aromatic hydroxyl groups is 1. The molecule has 72 valence electrons. The van der Waals surface area contributed by atoms with Crippen LogP contribution < -0.4 is 4.74 Å². The van der Waals surface area contributed by atoms with Crippen molar-refractivity contribution in [2.75, 3.05) is 6.61 Å². The van der Waals surface area contributed by atoms with Gasteiger partial charge in [-0.3, -0.25) is 0 Å². The third-order valence-corrected chi connectivity index (χ3v) is 2.29. The van der Waals surface area contributed by atoms with Crippen LogP contribution in [0.15, 0.2) is 6.07 Å². The van der Waals surface area contributed by atoms with Crippen LogP contribution in [0.4, 0.5) is 0 Å². The number of hydrogen-bond acceptors (Lipinski definition) is 2. The molecule has 0 saturated heterocycles. The highest BCUT2D eigenvalue weighted by Gasteiger charge is 2.09. The molecule has 0 heterocycles. The highest BCUT2D eigenvalue weighted by atomic mass is 16.5. The summed E-state index contributed by atoms with van der Waals surface area (Å²) in [5, 5.41) is 9.52. The van der Waals surface area contributed by atoms with E-state index in [1.165, 1.54) is 0 Å². The maximum atomic E-state index is 9.52. The van der Waals surface area contributed by atoms with Crippen molar-refractivity contribution in [3.05, 3.63) is 22.8 Å². The Morgan fingerprint density at radius 1 is 1.23 bits per heavy atom. The molecule has 0 unspecified atom stereocenters. The fraction of sp³-hybridized carbons (Fsp3) is 0.455. The number of phenolic OH excluding ortho intramolecular Hbond substituents is 1. The van der Waals surface area contributed by atoms with E-state index < -0.39 is 0 Å². The molecule has 1 aromatic rings. The topological polar surface area (TPSA) is 29.5 Å². The Morgan fingerprint density at radius 2 is 1.85 bits per heavy atom. The van der Waals surface area contributed by atoms with Crippen molar-refractivity contribution in [1.82, 2.24) is 0 Å². The van der Waals surface area contributed by atoms with E-state index in [0.717, 1.165) is 22.4 Å². The van der Waals surface area contributed by atoms with Crippen LogP contribution in [0.25, 0.3) is 0 Å². The Bertz CT molecular complexity index is 316. The maximum Gasteiger partial charge on any atom is 0.125 e. The molecule has 2 nitrogen and oxygen atoms in total. The minimum absolute atomic E-state index is 0.346. The smallest absolute Gasteiger partial charge is 0.125 e. The summed E-state index contributed by atoms with van der Waals surface area (Å²) in [6, 6.07) is 1.74. The van der Waals surface area contributed by atoms with Gasteiger partial charge in [-0.2, -0.15) is 0 Å². The lowest BCUT2D eigenvalue weighted by atomic mass is 10.0. The lowest BCUT2D eigenvalue weighted by molar-refractivity contribution is 0.334. The van der Waals surface area contributed by atoms with Gasteiger partial charge in [-0.1, -0.05) is 0 Å². The predicted octanol–water partition coefficient (Wildman–Crippen LogP) is 2.72. The molecule has 0 spiro atoms. The van der Waals surface area contributed by atoms with Crippen LogP contribution in [0.3, 0.4) is 0 Å². The molecule has 1 aromatic carbocycles. The molecule has 13 heavy (non-hydrogen) atoms. The Balaban J connectivity index is 3.26. The van der Waals surface area contributed by atoms with Crippen molar-refractivity contribution in [2.45, 2.75) is 27.7 Å². The predicted molar refractivity (Wildman–Crippen MR) is 53.5 cm³/mol. The van der Waals surface area contributed by atoms with Crippen molar-refractivity contribution in [3.63, 3.8) is 0 Å². The fourth-order valence-corrected chi connectivity index (χ4v) is 1.40. The zero-order valence-corrected chi connectivity index (χ0v) is 8.64. The SMILES string of the molecule is CCOc1c(C)cc(O)c(C)c1C. The third kappa shape index (κ3) is 1.77. The summed E-state index contributed by atoms with van der Waals surface area (Å²) >= 11 is 0. The van der Waals surface area contributed by atoms with Crippen molar-refractivity contribution < 1.29 is 9.84 Å². The van der Waals surface area contributed by atoms with E-state index in [2.05, 4.69) is 0 Å². The summed E-state index contributed by atoms with van der Waals surface area (Å²) < 4.78 is 5.49. The van der Waals surface area contributed by atoms with Gasteiger partial charge in [0.2, 0.25) is 0 Å². The highest BCUT2D eigenvalue weighted by molar-refractivity contribution is 5.51. The second-order valence-electron chi connectivity index (χ2n) is 3.22. The number of hydrogen-bond donors (Lipinski definition) is 1. The van der Waals surface area contributed by atoms with Crippen LogP contribution in [0.1, 0.15) is 23.6 Å². The lowest BCUT2D eigenvalue weighted by Gasteiger charge is -2.13. The molecule has 2 heteroatoms. The van der Waals surface area contributed by atoms with Crippen molar-refractivity contribution in [3.8, 4) is 11.5 Å². The summed E-state index contributed by atoms with van der Waals surface area (Å²) in [5.41, 5.74) is 2.91. The van der Waals surface area contributed by atoms with E-state index >= 15 is 0 Å². The standard InChI is InChI=1S/C11H16O2/c1-5-13-11-7(2)6-10(12)8(3)9(11)4/h6,12H,5H2,1-4H3. The molecule has 0 fully saturated rings. The average Bonchev–Trinajstić information content (AvgIpc) is 2.09. The zero-order valence-electron chi connectivity index (χ0n) is 8.64. The Kier molecular flexibility index (Phi) is 2.81. The van der Waals surface area contributed by atoms with E-state index in [1.807, 2.05) is 27.7 Å². The van der Waals surface area contributed by atoms with Crippen LogP contribution >= 0.6 is 0 Å². The second kappa shape index (κ2) is 3.69. The zero-order chi connectivity index (χ0) is 10.0. The molecule has 0 aliphatic rings. The van der Waals surface area contributed by atoms with Crippen molar-refractivity contribution in [2.24, 2.45) is 0 Å². The fourth-order valence-electron chi connectivity index (χ4n) is 1.40. The quantitative estimate of drug-likeness (QED) is 0.758. The summed E-state index contributed by atoms with van der Waals surface area (Å²) in [4.78, 5) is 0. The molecule has 0 atom stereocenters. The maximum absolute atomic E-state index is 9.52. The first-order valence-corrected chi connectivity index (χ1v) is 4.50. The van der Waals surface area contributed by atoms with Gasteiger partial charge < -0.3 is 9.84 Å². The Hall–Kier alpha value is -1.18. The molecule has 1 rings (SSSR count). The summed E-state index contributed by atoms with van der Waals surface area (Å²) in [6.45, 7) is 8.42. The van der Waals surface area contributed by atoms with Crippen molar-refractivity contribution >= 4 is 0 Å². The number of ether oxygens (including phenoxy) is 1. The Labute approximate surface area is 79.2 Å².